The number of rotatable bonds is 4. The van der Waals surface area contributed by atoms with E-state index < -0.39 is 0 Å². The van der Waals surface area contributed by atoms with Gasteiger partial charge in [-0.25, -0.2) is 0 Å². The van der Waals surface area contributed by atoms with Crippen LogP contribution in [0.25, 0.3) is 0 Å². The van der Waals surface area contributed by atoms with Gasteiger partial charge in [-0.2, -0.15) is 0 Å². The molecule has 1 spiro atoms. The number of halogens is 1. The van der Waals surface area contributed by atoms with Gasteiger partial charge in [0.25, 0.3) is 0 Å². The van der Waals surface area contributed by atoms with Crippen LogP contribution < -0.4 is 5.32 Å². The van der Waals surface area contributed by atoms with E-state index in [1.807, 2.05) is 11.8 Å². The van der Waals surface area contributed by atoms with E-state index in [1.165, 1.54) is 25.7 Å². The first-order valence-electron chi connectivity index (χ1n) is 9.94. The van der Waals surface area contributed by atoms with E-state index in [4.69, 9.17) is 4.74 Å². The Hall–Kier alpha value is -0.360. The summed E-state index contributed by atoms with van der Waals surface area (Å²) in [5, 5.41) is 13.9. The molecular formula is C19H33ClN2O3. The van der Waals surface area contributed by atoms with Crippen LogP contribution in [0.2, 0.25) is 0 Å². The number of carbonyl (C=O) groups excluding carboxylic acids is 1. The molecule has 4 rings (SSSR count). The van der Waals surface area contributed by atoms with Crippen LogP contribution in [0.15, 0.2) is 0 Å². The van der Waals surface area contributed by atoms with E-state index in [1.54, 1.807) is 0 Å². The molecule has 4 atom stereocenters. The number of aliphatic hydroxyl groups excluding tert-OH is 1. The quantitative estimate of drug-likeness (QED) is 0.793. The number of hydrogen-bond acceptors (Lipinski definition) is 4. The van der Waals surface area contributed by atoms with Crippen LogP contribution in [0.4, 0.5) is 0 Å². The summed E-state index contributed by atoms with van der Waals surface area (Å²) in [6, 6.07) is 1.31. The highest BCUT2D eigenvalue weighted by atomic mass is 35.5. The van der Waals surface area contributed by atoms with Gasteiger partial charge in [-0.3, -0.25) is 4.79 Å². The van der Waals surface area contributed by atoms with Crippen LogP contribution in [0.3, 0.4) is 0 Å². The molecule has 0 radical (unpaired) electrons. The van der Waals surface area contributed by atoms with Crippen LogP contribution in [0.1, 0.15) is 58.3 Å². The maximum Gasteiger partial charge on any atom is 0.222 e. The van der Waals surface area contributed by atoms with E-state index >= 15 is 0 Å². The molecule has 1 saturated carbocycles. The molecule has 3 heterocycles. The predicted octanol–water partition coefficient (Wildman–Crippen LogP) is 2.11. The van der Waals surface area contributed by atoms with Crippen molar-refractivity contribution in [3.05, 3.63) is 0 Å². The van der Waals surface area contributed by atoms with E-state index in [0.717, 1.165) is 38.8 Å². The molecule has 2 bridgehead atoms. The van der Waals surface area contributed by atoms with E-state index in [2.05, 4.69) is 5.32 Å². The summed E-state index contributed by atoms with van der Waals surface area (Å²) in [7, 11) is 0. The zero-order valence-corrected chi connectivity index (χ0v) is 16.1. The Bertz CT molecular complexity index is 467. The summed E-state index contributed by atoms with van der Waals surface area (Å²) in [4.78, 5) is 14.8. The van der Waals surface area contributed by atoms with Crippen molar-refractivity contribution in [2.24, 2.45) is 11.3 Å². The van der Waals surface area contributed by atoms with Gasteiger partial charge in [-0.15, -0.1) is 12.4 Å². The maximum absolute atomic E-state index is 12.7. The summed E-state index contributed by atoms with van der Waals surface area (Å²) in [6.07, 6.45) is 8.14. The lowest BCUT2D eigenvalue weighted by Crippen LogP contribution is -2.62. The largest absolute Gasteiger partial charge is 0.392 e. The van der Waals surface area contributed by atoms with Gasteiger partial charge in [0.1, 0.15) is 0 Å². The van der Waals surface area contributed by atoms with Crippen molar-refractivity contribution < 1.29 is 14.6 Å². The van der Waals surface area contributed by atoms with Gasteiger partial charge in [0.05, 0.1) is 12.2 Å². The lowest BCUT2D eigenvalue weighted by atomic mass is 9.58. The Morgan fingerprint density at radius 1 is 1.20 bits per heavy atom. The monoisotopic (exact) mass is 372 g/mol. The Morgan fingerprint density at radius 3 is 2.40 bits per heavy atom. The number of fused-ring (bicyclic) bond motifs is 2. The highest BCUT2D eigenvalue weighted by Gasteiger charge is 2.56. The number of nitrogens with one attached hydrogen (secondary N) is 1. The maximum atomic E-state index is 12.7. The van der Waals surface area contributed by atoms with Gasteiger partial charge in [-0.05, 0) is 51.4 Å². The topological polar surface area (TPSA) is 61.8 Å². The molecule has 4 aliphatic rings. The number of hydrogen-bond donors (Lipinski definition) is 2. The van der Waals surface area contributed by atoms with Crippen molar-refractivity contribution in [3.63, 3.8) is 0 Å². The second-order valence-electron chi connectivity index (χ2n) is 8.49. The molecule has 3 saturated heterocycles. The predicted molar refractivity (Wildman–Crippen MR) is 98.8 cm³/mol. The second kappa shape index (κ2) is 7.71. The molecule has 0 aromatic rings. The van der Waals surface area contributed by atoms with Crippen molar-refractivity contribution in [2.45, 2.75) is 82.6 Å². The van der Waals surface area contributed by atoms with Gasteiger partial charge in [0.15, 0.2) is 0 Å². The second-order valence-corrected chi connectivity index (χ2v) is 8.49. The SMILES string of the molecule is CCOC1CC(O)C12CCN(C(=O)CC1CC3CCC(C1)N3)CC2.Cl. The smallest absolute Gasteiger partial charge is 0.222 e. The van der Waals surface area contributed by atoms with E-state index in [-0.39, 0.29) is 30.0 Å². The highest BCUT2D eigenvalue weighted by molar-refractivity contribution is 5.85. The van der Waals surface area contributed by atoms with Gasteiger partial charge < -0.3 is 20.1 Å². The average molecular weight is 373 g/mol. The number of carbonyl (C=O) groups is 1. The molecule has 4 fully saturated rings. The molecule has 5 nitrogen and oxygen atoms in total. The van der Waals surface area contributed by atoms with Crippen LogP contribution >= 0.6 is 12.4 Å². The molecular weight excluding hydrogens is 340 g/mol. The molecule has 6 heteroatoms. The number of aliphatic hydroxyl groups is 1. The first kappa shape index (κ1) is 19.4. The third kappa shape index (κ3) is 3.58. The van der Waals surface area contributed by atoms with Crippen molar-refractivity contribution in [2.75, 3.05) is 19.7 Å². The summed E-state index contributed by atoms with van der Waals surface area (Å²) >= 11 is 0. The van der Waals surface area contributed by atoms with Crippen LogP contribution in [-0.2, 0) is 9.53 Å². The zero-order chi connectivity index (χ0) is 16.7. The summed E-state index contributed by atoms with van der Waals surface area (Å²) in [5.74, 6) is 0.899. The van der Waals surface area contributed by atoms with Crippen molar-refractivity contribution >= 4 is 18.3 Å². The summed E-state index contributed by atoms with van der Waals surface area (Å²) in [5.41, 5.74) is -0.0827. The van der Waals surface area contributed by atoms with Crippen molar-refractivity contribution in [3.8, 4) is 0 Å². The van der Waals surface area contributed by atoms with E-state index in [9.17, 15) is 9.90 Å². The Balaban J connectivity index is 0.00000182. The normalized spacial score (nSPS) is 39.0. The third-order valence-corrected chi connectivity index (χ3v) is 7.19. The molecule has 1 amide bonds. The average Bonchev–Trinajstić information content (AvgIpc) is 2.93. The molecule has 3 aliphatic heterocycles. The molecule has 2 N–H and O–H groups in total. The fourth-order valence-corrected chi connectivity index (χ4v) is 5.71. The number of piperidine rings is 2. The molecule has 144 valence electrons. The first-order chi connectivity index (χ1) is 11.6. The molecule has 0 aromatic carbocycles. The van der Waals surface area contributed by atoms with Crippen molar-refractivity contribution in [1.29, 1.82) is 0 Å². The molecule has 1 aliphatic carbocycles. The Kier molecular flexibility index (Phi) is 5.98. The van der Waals surface area contributed by atoms with Gasteiger partial charge in [0.2, 0.25) is 5.91 Å². The number of likely N-dealkylation sites (tertiary alicyclic amines) is 1. The molecule has 4 unspecified atom stereocenters. The summed E-state index contributed by atoms with van der Waals surface area (Å²) < 4.78 is 5.82. The van der Waals surface area contributed by atoms with Crippen LogP contribution in [-0.4, -0.2) is 59.9 Å². The number of nitrogens with zero attached hydrogens (tertiary/aromatic N) is 1. The molecule has 0 aromatic heterocycles. The lowest BCUT2D eigenvalue weighted by molar-refractivity contribution is -0.210. The number of amides is 1. The standard InChI is InChI=1S/C19H32N2O3.ClH/c1-2-24-17-12-16(22)19(17)5-7-21(8-6-19)18(23)11-13-9-14-3-4-15(10-13)20-14;/h13-17,20,22H,2-12H2,1H3;1H. The van der Waals surface area contributed by atoms with Gasteiger partial charge in [-0.1, -0.05) is 0 Å². The lowest BCUT2D eigenvalue weighted by Gasteiger charge is -2.56. The fraction of sp³-hybridized carbons (Fsp3) is 0.947. The highest BCUT2D eigenvalue weighted by Crippen LogP contribution is 2.51. The first-order valence-corrected chi connectivity index (χ1v) is 9.94. The minimum absolute atomic E-state index is 0. The fourth-order valence-electron chi connectivity index (χ4n) is 5.71. The van der Waals surface area contributed by atoms with Crippen LogP contribution in [0, 0.1) is 11.3 Å². The van der Waals surface area contributed by atoms with Gasteiger partial charge in [0, 0.05) is 50.0 Å². The molecule has 25 heavy (non-hydrogen) atoms. The Morgan fingerprint density at radius 2 is 1.84 bits per heavy atom. The van der Waals surface area contributed by atoms with E-state index in [0.29, 0.717) is 30.5 Å². The van der Waals surface area contributed by atoms with Gasteiger partial charge >= 0.3 is 0 Å². The minimum atomic E-state index is -0.244. The van der Waals surface area contributed by atoms with Crippen molar-refractivity contribution in [1.82, 2.24) is 10.2 Å². The van der Waals surface area contributed by atoms with Crippen LogP contribution in [0.5, 0.6) is 0 Å². The minimum Gasteiger partial charge on any atom is -0.392 e. The Labute approximate surface area is 157 Å². The zero-order valence-electron chi connectivity index (χ0n) is 15.3. The number of ether oxygens (including phenoxy) is 1. The third-order valence-electron chi connectivity index (χ3n) is 7.19. The summed E-state index contributed by atoms with van der Waals surface area (Å²) in [6.45, 7) is 4.30.